The summed E-state index contributed by atoms with van der Waals surface area (Å²) in [7, 11) is 1.21. The van der Waals surface area contributed by atoms with Crippen molar-refractivity contribution in [3.8, 4) is 0 Å². The molecule has 0 heterocycles. The average molecular weight is 360 g/mol. The Morgan fingerprint density at radius 2 is 2.00 bits per heavy atom. The van der Waals surface area contributed by atoms with Crippen LogP contribution in [0.15, 0.2) is 18.2 Å². The molecule has 1 N–H and O–H groups in total. The molecule has 1 aromatic rings. The van der Waals surface area contributed by atoms with Gasteiger partial charge in [-0.05, 0) is 24.1 Å². The van der Waals surface area contributed by atoms with E-state index in [1.54, 1.807) is 6.92 Å². The van der Waals surface area contributed by atoms with Gasteiger partial charge in [-0.25, -0.2) is 14.0 Å². The lowest BCUT2D eigenvalue weighted by atomic mass is 9.99. The molecule has 2 unspecified atom stereocenters. The molecule has 0 aliphatic rings. The summed E-state index contributed by atoms with van der Waals surface area (Å²) in [6, 6.07) is 2.56. The average Bonchev–Trinajstić information content (AvgIpc) is 2.58. The number of methoxy groups -OCH3 is 1. The van der Waals surface area contributed by atoms with Crippen molar-refractivity contribution in [3.05, 3.63) is 34.6 Å². The van der Waals surface area contributed by atoms with Crippen LogP contribution in [0, 0.1) is 11.7 Å². The molecule has 6 nitrogen and oxygen atoms in total. The van der Waals surface area contributed by atoms with Crippen LogP contribution < -0.4 is 5.32 Å². The van der Waals surface area contributed by atoms with Crippen molar-refractivity contribution in [3.63, 3.8) is 0 Å². The van der Waals surface area contributed by atoms with Crippen LogP contribution in [-0.2, 0) is 19.1 Å². The third-order valence-corrected chi connectivity index (χ3v) is 3.70. The van der Waals surface area contributed by atoms with Crippen LogP contribution in [0.5, 0.6) is 0 Å². The smallest absolute Gasteiger partial charge is 0.341 e. The number of nitrogens with one attached hydrogen (secondary N) is 1. The molecule has 1 rings (SSSR count). The van der Waals surface area contributed by atoms with Crippen LogP contribution in [0.25, 0.3) is 0 Å². The number of benzene rings is 1. The second-order valence-corrected chi connectivity index (χ2v) is 5.59. The van der Waals surface area contributed by atoms with Crippen molar-refractivity contribution in [2.45, 2.75) is 26.3 Å². The first-order chi connectivity index (χ1) is 11.3. The molecule has 0 aromatic heterocycles. The molecule has 8 heteroatoms. The van der Waals surface area contributed by atoms with E-state index in [4.69, 9.17) is 16.3 Å². The summed E-state index contributed by atoms with van der Waals surface area (Å²) in [5.41, 5.74) is -0.373. The first kappa shape index (κ1) is 19.9. The Kier molecular flexibility index (Phi) is 7.64. The quantitative estimate of drug-likeness (QED) is 0.756. The normalized spacial score (nSPS) is 12.9. The zero-order chi connectivity index (χ0) is 18.3. The molecule has 0 fully saturated rings. The van der Waals surface area contributed by atoms with E-state index in [-0.39, 0.29) is 16.5 Å². The molecular formula is C16H19ClFNO5. The topological polar surface area (TPSA) is 81.7 Å². The Labute approximate surface area is 144 Å². The number of amides is 1. The van der Waals surface area contributed by atoms with E-state index in [2.05, 4.69) is 10.1 Å². The highest BCUT2D eigenvalue weighted by Crippen LogP contribution is 2.16. The van der Waals surface area contributed by atoms with E-state index in [1.165, 1.54) is 13.2 Å². The van der Waals surface area contributed by atoms with Crippen LogP contribution in [0.4, 0.5) is 4.39 Å². The van der Waals surface area contributed by atoms with Crippen LogP contribution in [0.3, 0.4) is 0 Å². The number of esters is 2. The van der Waals surface area contributed by atoms with E-state index >= 15 is 0 Å². The van der Waals surface area contributed by atoms with Crippen molar-refractivity contribution in [2.75, 3.05) is 13.7 Å². The van der Waals surface area contributed by atoms with Gasteiger partial charge >= 0.3 is 11.9 Å². The van der Waals surface area contributed by atoms with Gasteiger partial charge in [-0.3, -0.25) is 4.79 Å². The lowest BCUT2D eigenvalue weighted by Gasteiger charge is -2.21. The minimum Gasteiger partial charge on any atom is -0.467 e. The van der Waals surface area contributed by atoms with E-state index in [9.17, 15) is 18.8 Å². The molecule has 1 aromatic carbocycles. The van der Waals surface area contributed by atoms with Gasteiger partial charge in [-0.1, -0.05) is 31.9 Å². The van der Waals surface area contributed by atoms with E-state index in [0.29, 0.717) is 6.42 Å². The molecule has 24 heavy (non-hydrogen) atoms. The third kappa shape index (κ3) is 5.49. The number of hydrogen-bond acceptors (Lipinski definition) is 5. The molecule has 0 bridgehead atoms. The van der Waals surface area contributed by atoms with Crippen LogP contribution in [0.2, 0.25) is 5.02 Å². The van der Waals surface area contributed by atoms with Crippen LogP contribution in [0.1, 0.15) is 30.6 Å². The Bertz CT molecular complexity index is 622. The molecule has 0 aliphatic carbocycles. The van der Waals surface area contributed by atoms with Crippen LogP contribution in [-0.4, -0.2) is 37.6 Å². The van der Waals surface area contributed by atoms with Gasteiger partial charge < -0.3 is 14.8 Å². The minimum absolute atomic E-state index is 0.162. The van der Waals surface area contributed by atoms with E-state index in [1.807, 2.05) is 6.92 Å². The molecule has 0 spiro atoms. The molecule has 0 aliphatic heterocycles. The van der Waals surface area contributed by atoms with Gasteiger partial charge in [0.2, 0.25) is 0 Å². The number of rotatable bonds is 7. The van der Waals surface area contributed by atoms with Gasteiger partial charge in [0.25, 0.3) is 5.91 Å². The summed E-state index contributed by atoms with van der Waals surface area (Å²) < 4.78 is 22.9. The highest BCUT2D eigenvalue weighted by atomic mass is 35.5. The highest BCUT2D eigenvalue weighted by Gasteiger charge is 2.27. The fraction of sp³-hybridized carbons (Fsp3) is 0.438. The number of halogens is 2. The summed E-state index contributed by atoms with van der Waals surface area (Å²) in [5, 5.41) is 2.60. The standard InChI is InChI=1S/C16H19ClFNO5/c1-4-9(2)14(16(22)23-3)19-13(20)8-24-15(21)11-7-10(17)5-6-12(11)18/h5-7,9,14H,4,8H2,1-3H3,(H,19,20). The summed E-state index contributed by atoms with van der Waals surface area (Å²) in [6.07, 6.45) is 0.633. The number of ether oxygens (including phenoxy) is 2. The predicted molar refractivity (Wildman–Crippen MR) is 85.1 cm³/mol. The largest absolute Gasteiger partial charge is 0.467 e. The fourth-order valence-electron chi connectivity index (χ4n) is 1.87. The molecule has 0 saturated heterocycles. The predicted octanol–water partition coefficient (Wildman–Crippen LogP) is 2.34. The Balaban J connectivity index is 2.66. The molecule has 0 radical (unpaired) electrons. The van der Waals surface area contributed by atoms with Gasteiger partial charge in [0.05, 0.1) is 12.7 Å². The SMILES string of the molecule is CCC(C)C(NC(=O)COC(=O)c1cc(Cl)ccc1F)C(=O)OC. The molecule has 1 amide bonds. The maximum atomic E-state index is 13.5. The lowest BCUT2D eigenvalue weighted by molar-refractivity contribution is -0.147. The third-order valence-electron chi connectivity index (χ3n) is 3.47. The molecule has 0 saturated carbocycles. The van der Waals surface area contributed by atoms with Crippen molar-refractivity contribution in [1.29, 1.82) is 0 Å². The fourth-order valence-corrected chi connectivity index (χ4v) is 2.05. The van der Waals surface area contributed by atoms with Crippen molar-refractivity contribution >= 4 is 29.4 Å². The van der Waals surface area contributed by atoms with E-state index < -0.39 is 36.3 Å². The van der Waals surface area contributed by atoms with Gasteiger partial charge in [0.1, 0.15) is 11.9 Å². The highest BCUT2D eigenvalue weighted by molar-refractivity contribution is 6.30. The summed E-state index contributed by atoms with van der Waals surface area (Å²) in [4.78, 5) is 35.3. The van der Waals surface area contributed by atoms with Gasteiger partial charge in [-0.2, -0.15) is 0 Å². The maximum Gasteiger partial charge on any atom is 0.341 e. The van der Waals surface area contributed by atoms with Crippen molar-refractivity contribution in [2.24, 2.45) is 5.92 Å². The van der Waals surface area contributed by atoms with Crippen molar-refractivity contribution in [1.82, 2.24) is 5.32 Å². The number of carbonyl (C=O) groups excluding carboxylic acids is 3. The summed E-state index contributed by atoms with van der Waals surface area (Å²) in [5.74, 6) is -3.28. The molecular weight excluding hydrogens is 341 g/mol. The van der Waals surface area contributed by atoms with E-state index in [0.717, 1.165) is 12.1 Å². The lowest BCUT2D eigenvalue weighted by Crippen LogP contribution is -2.47. The summed E-state index contributed by atoms with van der Waals surface area (Å²) >= 11 is 5.69. The number of hydrogen-bond donors (Lipinski definition) is 1. The molecule has 2 atom stereocenters. The second kappa shape index (κ2) is 9.22. The van der Waals surface area contributed by atoms with Gasteiger partial charge in [-0.15, -0.1) is 0 Å². The Hall–Kier alpha value is -2.15. The Morgan fingerprint density at radius 3 is 2.58 bits per heavy atom. The zero-order valence-electron chi connectivity index (χ0n) is 13.6. The number of carbonyl (C=O) groups is 3. The first-order valence-electron chi connectivity index (χ1n) is 7.29. The van der Waals surface area contributed by atoms with Gasteiger partial charge in [0.15, 0.2) is 6.61 Å². The minimum atomic E-state index is -1.02. The van der Waals surface area contributed by atoms with Gasteiger partial charge in [0, 0.05) is 5.02 Å². The maximum absolute atomic E-state index is 13.5. The summed E-state index contributed by atoms with van der Waals surface area (Å²) in [6.45, 7) is 2.97. The van der Waals surface area contributed by atoms with Crippen molar-refractivity contribution < 1.29 is 28.2 Å². The Morgan fingerprint density at radius 1 is 1.33 bits per heavy atom. The second-order valence-electron chi connectivity index (χ2n) is 5.15. The first-order valence-corrected chi connectivity index (χ1v) is 7.67. The molecule has 132 valence electrons. The monoisotopic (exact) mass is 359 g/mol. The zero-order valence-corrected chi connectivity index (χ0v) is 14.4. The van der Waals surface area contributed by atoms with Crippen LogP contribution >= 0.6 is 11.6 Å².